The molecule has 38 heavy (non-hydrogen) atoms. The summed E-state index contributed by atoms with van der Waals surface area (Å²) in [4.78, 5) is 41.7. The summed E-state index contributed by atoms with van der Waals surface area (Å²) < 4.78 is 11.8. The molecule has 0 spiro atoms. The summed E-state index contributed by atoms with van der Waals surface area (Å²) in [6.07, 6.45) is 4.93. The highest BCUT2D eigenvalue weighted by Crippen LogP contribution is 2.38. The van der Waals surface area contributed by atoms with Gasteiger partial charge in [0.15, 0.2) is 5.13 Å². The Kier molecular flexibility index (Phi) is 8.15. The van der Waals surface area contributed by atoms with E-state index < -0.39 is 11.4 Å². The van der Waals surface area contributed by atoms with Crippen LogP contribution in [0.2, 0.25) is 0 Å². The van der Waals surface area contributed by atoms with Gasteiger partial charge in [0.25, 0.3) is 0 Å². The monoisotopic (exact) mass is 538 g/mol. The Hall–Kier alpha value is -3.73. The van der Waals surface area contributed by atoms with E-state index in [1.807, 2.05) is 39.8 Å². The van der Waals surface area contributed by atoms with Crippen LogP contribution in [0, 0.1) is 5.41 Å². The zero-order chi connectivity index (χ0) is 27.4. The van der Waals surface area contributed by atoms with Gasteiger partial charge in [0.05, 0.1) is 28.8 Å². The molecule has 1 fully saturated rings. The largest absolute Gasteiger partial charge is 0.494 e. The van der Waals surface area contributed by atoms with E-state index in [1.54, 1.807) is 12.4 Å². The van der Waals surface area contributed by atoms with Crippen molar-refractivity contribution in [1.29, 1.82) is 0 Å². The van der Waals surface area contributed by atoms with Gasteiger partial charge in [0.2, 0.25) is 5.95 Å². The number of urea groups is 1. The average Bonchev–Trinajstić information content (AvgIpc) is 3.32. The molecule has 202 valence electrons. The minimum Gasteiger partial charge on any atom is -0.494 e. The summed E-state index contributed by atoms with van der Waals surface area (Å²) in [5.41, 5.74) is 8.24. The molecule has 1 aromatic carbocycles. The predicted molar refractivity (Wildman–Crippen MR) is 150 cm³/mol. The van der Waals surface area contributed by atoms with Gasteiger partial charge in [0.1, 0.15) is 5.76 Å². The van der Waals surface area contributed by atoms with Crippen molar-refractivity contribution in [2.75, 3.05) is 42.6 Å². The fourth-order valence-corrected chi connectivity index (χ4v) is 5.64. The number of rotatable bonds is 9. The number of fused-ring (bicyclic) bond motifs is 1. The molecule has 1 aliphatic heterocycles. The van der Waals surface area contributed by atoms with Crippen LogP contribution >= 0.6 is 11.3 Å². The zero-order valence-corrected chi connectivity index (χ0v) is 23.1. The van der Waals surface area contributed by atoms with E-state index in [1.165, 1.54) is 16.2 Å². The van der Waals surface area contributed by atoms with Crippen LogP contribution in [0.1, 0.15) is 46.1 Å². The zero-order valence-electron chi connectivity index (χ0n) is 22.3. The normalized spacial score (nSPS) is 14.8. The molecule has 3 aromatic rings. The quantitative estimate of drug-likeness (QED) is 0.303. The smallest absolute Gasteiger partial charge is 0.321 e. The first-order valence-electron chi connectivity index (χ1n) is 12.8. The lowest BCUT2D eigenvalue weighted by Crippen LogP contribution is -2.44. The van der Waals surface area contributed by atoms with E-state index in [2.05, 4.69) is 26.4 Å². The molecule has 0 atom stereocenters. The summed E-state index contributed by atoms with van der Waals surface area (Å²) in [7, 11) is 0. The Morgan fingerprint density at radius 1 is 1.11 bits per heavy atom. The molecular weight excluding hydrogens is 504 g/mol. The summed E-state index contributed by atoms with van der Waals surface area (Å²) >= 11 is 1.37. The van der Waals surface area contributed by atoms with Crippen molar-refractivity contribution in [3.8, 4) is 11.1 Å². The van der Waals surface area contributed by atoms with Gasteiger partial charge in [-0.2, -0.15) is 0 Å². The van der Waals surface area contributed by atoms with Gasteiger partial charge in [-0.25, -0.2) is 19.7 Å². The standard InChI is InChI=1S/C27H34N6O4S/c1-6-33(24(28)35)26-31-21-14-18(13-20(22(21)38-26)17(4)36-7-2)19-15-29-25(30-16-19)32-11-9-27(5,10-12-32)23(34)37-8-3/h13-16H,4,6-12H2,1-3,5H3,(H2,28,35). The lowest BCUT2D eigenvalue weighted by atomic mass is 9.80. The summed E-state index contributed by atoms with van der Waals surface area (Å²) in [5, 5.41) is 0.518. The van der Waals surface area contributed by atoms with Crippen molar-refractivity contribution >= 4 is 50.4 Å². The van der Waals surface area contributed by atoms with Gasteiger partial charge in [-0.1, -0.05) is 17.9 Å². The van der Waals surface area contributed by atoms with Crippen molar-refractivity contribution in [2.24, 2.45) is 11.1 Å². The molecule has 2 N–H and O–H groups in total. The number of piperidine rings is 1. The van der Waals surface area contributed by atoms with E-state index in [0.717, 1.165) is 21.4 Å². The number of nitrogens with two attached hydrogens (primary N) is 1. The van der Waals surface area contributed by atoms with E-state index in [0.29, 0.717) is 68.0 Å². The topological polar surface area (TPSA) is 124 Å². The van der Waals surface area contributed by atoms with E-state index in [9.17, 15) is 9.59 Å². The number of primary amides is 1. The number of nitrogens with zero attached hydrogens (tertiary/aromatic N) is 5. The van der Waals surface area contributed by atoms with Crippen molar-refractivity contribution in [3.63, 3.8) is 0 Å². The molecule has 10 nitrogen and oxygen atoms in total. The maximum absolute atomic E-state index is 12.3. The van der Waals surface area contributed by atoms with E-state index in [-0.39, 0.29) is 5.97 Å². The molecule has 4 rings (SSSR count). The van der Waals surface area contributed by atoms with Crippen molar-refractivity contribution in [3.05, 3.63) is 36.7 Å². The van der Waals surface area contributed by atoms with Crippen LogP contribution in [0.3, 0.4) is 0 Å². The number of carbonyl (C=O) groups excluding carboxylic acids is 2. The highest BCUT2D eigenvalue weighted by molar-refractivity contribution is 7.22. The van der Waals surface area contributed by atoms with Gasteiger partial charge in [0, 0.05) is 43.2 Å². The van der Waals surface area contributed by atoms with Crippen LogP contribution in [0.5, 0.6) is 0 Å². The number of amides is 2. The molecule has 0 bridgehead atoms. The van der Waals surface area contributed by atoms with Crippen LogP contribution in [-0.2, 0) is 14.3 Å². The maximum Gasteiger partial charge on any atom is 0.321 e. The summed E-state index contributed by atoms with van der Waals surface area (Å²) in [5.74, 6) is 1.00. The molecule has 0 saturated carbocycles. The SMILES string of the molecule is C=C(OCC)c1cc(-c2cnc(N3CCC(C)(C(=O)OCC)CC3)nc2)cc2nc(N(CC)C(N)=O)sc12. The van der Waals surface area contributed by atoms with Gasteiger partial charge in [-0.3, -0.25) is 9.69 Å². The van der Waals surface area contributed by atoms with Gasteiger partial charge in [-0.15, -0.1) is 0 Å². The van der Waals surface area contributed by atoms with Gasteiger partial charge >= 0.3 is 12.0 Å². The first-order chi connectivity index (χ1) is 18.2. The van der Waals surface area contributed by atoms with E-state index >= 15 is 0 Å². The minimum atomic E-state index is -0.554. The highest BCUT2D eigenvalue weighted by Gasteiger charge is 2.38. The van der Waals surface area contributed by atoms with Gasteiger partial charge in [-0.05, 0) is 58.2 Å². The summed E-state index contributed by atoms with van der Waals surface area (Å²) in [6.45, 7) is 14.3. The molecule has 0 unspecified atom stereocenters. The first kappa shape index (κ1) is 27.3. The van der Waals surface area contributed by atoms with Crippen molar-refractivity contribution < 1.29 is 19.1 Å². The fraction of sp³-hybridized carbons (Fsp3) is 0.444. The number of ether oxygens (including phenoxy) is 2. The van der Waals surface area contributed by atoms with Gasteiger partial charge < -0.3 is 20.1 Å². The third kappa shape index (κ3) is 5.42. The number of esters is 1. The molecular formula is C27H34N6O4S. The van der Waals surface area contributed by atoms with Crippen LogP contribution in [-0.4, -0.2) is 59.8 Å². The third-order valence-corrected chi connectivity index (χ3v) is 7.93. The Labute approximate surface area is 226 Å². The van der Waals surface area contributed by atoms with Crippen molar-refractivity contribution in [1.82, 2.24) is 15.0 Å². The fourth-order valence-electron chi connectivity index (χ4n) is 4.49. The number of thiazole rings is 1. The van der Waals surface area contributed by atoms with Crippen LogP contribution < -0.4 is 15.5 Å². The average molecular weight is 539 g/mol. The Morgan fingerprint density at radius 2 is 1.76 bits per heavy atom. The molecule has 3 heterocycles. The Bertz CT molecular complexity index is 1330. The predicted octanol–water partition coefficient (Wildman–Crippen LogP) is 4.84. The van der Waals surface area contributed by atoms with Crippen LogP contribution in [0.15, 0.2) is 31.1 Å². The number of carbonyl (C=O) groups is 2. The molecule has 2 amide bonds. The minimum absolute atomic E-state index is 0.140. The second kappa shape index (κ2) is 11.3. The van der Waals surface area contributed by atoms with Crippen molar-refractivity contribution in [2.45, 2.75) is 40.5 Å². The molecule has 2 aromatic heterocycles. The molecule has 1 aliphatic rings. The number of hydrogen-bond acceptors (Lipinski definition) is 9. The lowest BCUT2D eigenvalue weighted by molar-refractivity contribution is -0.155. The van der Waals surface area contributed by atoms with Crippen LogP contribution in [0.25, 0.3) is 27.1 Å². The molecule has 0 radical (unpaired) electrons. The van der Waals surface area contributed by atoms with Crippen LogP contribution in [0.4, 0.5) is 15.9 Å². The third-order valence-electron chi connectivity index (χ3n) is 6.80. The number of benzene rings is 1. The number of aromatic nitrogens is 3. The molecule has 0 aliphatic carbocycles. The summed E-state index contributed by atoms with van der Waals surface area (Å²) in [6, 6.07) is 3.37. The number of anilines is 2. The Morgan fingerprint density at radius 3 is 2.34 bits per heavy atom. The maximum atomic E-state index is 12.3. The molecule has 1 saturated heterocycles. The molecule has 11 heteroatoms. The Balaban J connectivity index is 1.62. The second-order valence-corrected chi connectivity index (χ2v) is 10.3. The van der Waals surface area contributed by atoms with E-state index in [4.69, 9.17) is 15.2 Å². The lowest BCUT2D eigenvalue weighted by Gasteiger charge is -2.37. The second-order valence-electron chi connectivity index (χ2n) is 9.35. The number of hydrogen-bond donors (Lipinski definition) is 1. The first-order valence-corrected chi connectivity index (χ1v) is 13.6. The highest BCUT2D eigenvalue weighted by atomic mass is 32.1.